The van der Waals surface area contributed by atoms with Crippen molar-refractivity contribution in [3.05, 3.63) is 35.9 Å². The summed E-state index contributed by atoms with van der Waals surface area (Å²) >= 11 is 11.4. The molecule has 0 bridgehead atoms. The van der Waals surface area contributed by atoms with Crippen molar-refractivity contribution < 1.29 is 8.42 Å². The molecule has 13 heavy (non-hydrogen) atoms. The minimum Gasteiger partial charge on any atom is -0.226 e. The van der Waals surface area contributed by atoms with Crippen LogP contribution in [-0.4, -0.2) is 14.7 Å². The lowest BCUT2D eigenvalue weighted by molar-refractivity contribution is 0.596. The third-order valence-corrected chi connectivity index (χ3v) is 4.86. The lowest BCUT2D eigenvalue weighted by Gasteiger charge is -2.17. The fraction of sp³-hybridized carbons (Fsp3) is 0.250. The van der Waals surface area contributed by atoms with Gasteiger partial charge < -0.3 is 0 Å². The second kappa shape index (κ2) is 3.48. The maximum Gasteiger partial charge on any atom is 0.242 e. The predicted octanol–water partition coefficient (Wildman–Crippen LogP) is 2.32. The predicted molar refractivity (Wildman–Crippen MR) is 54.7 cm³/mol. The van der Waals surface area contributed by atoms with Gasteiger partial charge in [0.15, 0.2) is 9.84 Å². The van der Waals surface area contributed by atoms with Gasteiger partial charge in [-0.2, -0.15) is 0 Å². The number of rotatable bonds is 2. The van der Waals surface area contributed by atoms with Gasteiger partial charge in [-0.15, -0.1) is 0 Å². The monoisotopic (exact) mass is 238 g/mol. The van der Waals surface area contributed by atoms with Crippen LogP contribution in [0.3, 0.4) is 0 Å². The number of benzene rings is 1. The van der Waals surface area contributed by atoms with Crippen molar-refractivity contribution in [1.29, 1.82) is 0 Å². The molecule has 1 rings (SSSR count). The molecule has 0 fully saturated rings. The maximum absolute atomic E-state index is 11.2. The minimum atomic E-state index is -3.52. The van der Waals surface area contributed by atoms with Crippen LogP contribution in [0.25, 0.3) is 0 Å². The van der Waals surface area contributed by atoms with Gasteiger partial charge in [-0.25, -0.2) is 8.42 Å². The third kappa shape index (κ3) is 2.16. The first-order chi connectivity index (χ1) is 5.86. The number of sulfone groups is 1. The highest BCUT2D eigenvalue weighted by atomic mass is 35.5. The Hall–Kier alpha value is -0.250. The molecular weight excluding hydrogens is 231 g/mol. The van der Waals surface area contributed by atoms with Gasteiger partial charge in [0.2, 0.25) is 3.67 Å². The van der Waals surface area contributed by atoms with Gasteiger partial charge >= 0.3 is 0 Å². The van der Waals surface area contributed by atoms with E-state index >= 15 is 0 Å². The Balaban J connectivity index is 3.24. The molecule has 5 heteroatoms. The second-order valence-corrected chi connectivity index (χ2v) is 6.59. The van der Waals surface area contributed by atoms with Gasteiger partial charge in [-0.1, -0.05) is 53.5 Å². The van der Waals surface area contributed by atoms with Crippen LogP contribution in [0.1, 0.15) is 5.56 Å². The Bertz CT molecular complexity index is 384. The van der Waals surface area contributed by atoms with Crippen molar-refractivity contribution in [3.63, 3.8) is 0 Å². The van der Waals surface area contributed by atoms with Crippen LogP contribution >= 0.6 is 23.2 Å². The van der Waals surface area contributed by atoms with E-state index in [1.165, 1.54) is 0 Å². The van der Waals surface area contributed by atoms with Crippen molar-refractivity contribution in [1.82, 2.24) is 0 Å². The molecule has 0 unspecified atom stereocenters. The van der Waals surface area contributed by atoms with Gasteiger partial charge in [0, 0.05) is 11.8 Å². The van der Waals surface area contributed by atoms with Crippen molar-refractivity contribution in [3.8, 4) is 0 Å². The Morgan fingerprint density at radius 3 is 2.00 bits per heavy atom. The highest BCUT2D eigenvalue weighted by Gasteiger charge is 2.37. The van der Waals surface area contributed by atoms with Crippen LogP contribution in [0.15, 0.2) is 30.3 Å². The van der Waals surface area contributed by atoms with Gasteiger partial charge in [0.1, 0.15) is 0 Å². The fourth-order valence-electron chi connectivity index (χ4n) is 0.846. The number of alkyl halides is 2. The standard InChI is InChI=1S/C8H8Cl2O2S/c1-13(11,12)8(9,10)7-5-3-2-4-6-7/h2-6H,1H3. The molecule has 0 spiro atoms. The first-order valence-electron chi connectivity index (χ1n) is 3.48. The van der Waals surface area contributed by atoms with E-state index in [2.05, 4.69) is 0 Å². The van der Waals surface area contributed by atoms with Crippen LogP contribution in [-0.2, 0) is 13.5 Å². The summed E-state index contributed by atoms with van der Waals surface area (Å²) in [6, 6.07) is 8.26. The lowest BCUT2D eigenvalue weighted by atomic mass is 10.2. The van der Waals surface area contributed by atoms with Gasteiger partial charge in [-0.3, -0.25) is 0 Å². The molecule has 0 atom stereocenters. The summed E-state index contributed by atoms with van der Waals surface area (Å²) in [5, 5.41) is 0. The van der Waals surface area contributed by atoms with E-state index in [1.807, 2.05) is 0 Å². The molecule has 0 aliphatic heterocycles. The molecular formula is C8H8Cl2O2S. The van der Waals surface area contributed by atoms with Crippen molar-refractivity contribution in [2.45, 2.75) is 3.67 Å². The summed E-state index contributed by atoms with van der Waals surface area (Å²) in [6.45, 7) is 0. The van der Waals surface area contributed by atoms with Crippen LogP contribution < -0.4 is 0 Å². The smallest absolute Gasteiger partial charge is 0.226 e. The maximum atomic E-state index is 11.2. The average molecular weight is 239 g/mol. The van der Waals surface area contributed by atoms with Gasteiger partial charge in [0.25, 0.3) is 0 Å². The zero-order chi connectivity index (χ0) is 10.1. The molecule has 0 amide bonds. The summed E-state index contributed by atoms with van der Waals surface area (Å²) in [7, 11) is -3.52. The van der Waals surface area contributed by atoms with Gasteiger partial charge in [-0.05, 0) is 0 Å². The average Bonchev–Trinajstić information content (AvgIpc) is 2.04. The van der Waals surface area contributed by atoms with E-state index in [-0.39, 0.29) is 0 Å². The van der Waals surface area contributed by atoms with E-state index in [0.29, 0.717) is 5.56 Å². The molecule has 0 aliphatic rings. The summed E-state index contributed by atoms with van der Waals surface area (Å²) in [5.74, 6) is 0. The first-order valence-corrected chi connectivity index (χ1v) is 6.13. The molecule has 0 N–H and O–H groups in total. The first kappa shape index (κ1) is 10.8. The topological polar surface area (TPSA) is 34.1 Å². The van der Waals surface area contributed by atoms with Crippen LogP contribution in [0.2, 0.25) is 0 Å². The van der Waals surface area contributed by atoms with E-state index in [0.717, 1.165) is 6.26 Å². The molecule has 0 radical (unpaired) electrons. The lowest BCUT2D eigenvalue weighted by Crippen LogP contribution is -2.22. The molecule has 2 nitrogen and oxygen atoms in total. The zero-order valence-corrected chi connectivity index (χ0v) is 9.20. The molecule has 1 aromatic carbocycles. The minimum absolute atomic E-state index is 0.362. The second-order valence-electron chi connectivity index (χ2n) is 2.65. The molecule has 0 aliphatic carbocycles. The van der Waals surface area contributed by atoms with Crippen molar-refractivity contribution in [2.75, 3.05) is 6.26 Å². The molecule has 1 aromatic rings. The van der Waals surface area contributed by atoms with E-state index in [1.54, 1.807) is 30.3 Å². The van der Waals surface area contributed by atoms with Crippen LogP contribution in [0.4, 0.5) is 0 Å². The summed E-state index contributed by atoms with van der Waals surface area (Å²) < 4.78 is 20.5. The number of halogens is 2. The third-order valence-electron chi connectivity index (χ3n) is 1.58. The van der Waals surface area contributed by atoms with Crippen molar-refractivity contribution >= 4 is 33.0 Å². The van der Waals surface area contributed by atoms with Crippen LogP contribution in [0.5, 0.6) is 0 Å². The molecule has 0 aromatic heterocycles. The Morgan fingerprint density at radius 2 is 1.62 bits per heavy atom. The van der Waals surface area contributed by atoms with Crippen LogP contribution in [0, 0.1) is 0 Å². The fourth-order valence-corrected chi connectivity index (χ4v) is 1.66. The highest BCUT2D eigenvalue weighted by Crippen LogP contribution is 2.38. The Kier molecular flexibility index (Phi) is 2.90. The molecule has 72 valence electrons. The van der Waals surface area contributed by atoms with E-state index in [9.17, 15) is 8.42 Å². The van der Waals surface area contributed by atoms with Gasteiger partial charge in [0.05, 0.1) is 0 Å². The van der Waals surface area contributed by atoms with E-state index in [4.69, 9.17) is 23.2 Å². The number of hydrogen-bond acceptors (Lipinski definition) is 2. The number of hydrogen-bond donors (Lipinski definition) is 0. The summed E-state index contributed by atoms with van der Waals surface area (Å²) in [4.78, 5) is 0. The van der Waals surface area contributed by atoms with E-state index < -0.39 is 13.5 Å². The quantitative estimate of drug-likeness (QED) is 0.742. The molecule has 0 saturated carbocycles. The zero-order valence-electron chi connectivity index (χ0n) is 6.87. The summed E-state index contributed by atoms with van der Waals surface area (Å²) in [5.41, 5.74) is 0.362. The largest absolute Gasteiger partial charge is 0.242 e. The molecule has 0 heterocycles. The Labute approximate surface area is 87.4 Å². The SMILES string of the molecule is CS(=O)(=O)C(Cl)(Cl)c1ccccc1. The highest BCUT2D eigenvalue weighted by molar-refractivity contribution is 7.94. The van der Waals surface area contributed by atoms with Crippen molar-refractivity contribution in [2.24, 2.45) is 0 Å². The summed E-state index contributed by atoms with van der Waals surface area (Å²) in [6.07, 6.45) is 1.00. The molecule has 0 saturated heterocycles. The normalized spacial score (nSPS) is 12.8. The Morgan fingerprint density at radius 1 is 1.15 bits per heavy atom.